The Morgan fingerprint density at radius 2 is 1.74 bits per heavy atom. The van der Waals surface area contributed by atoms with E-state index in [1.807, 2.05) is 43.3 Å². The van der Waals surface area contributed by atoms with Gasteiger partial charge in [-0.3, -0.25) is 0 Å². The van der Waals surface area contributed by atoms with Crippen LogP contribution in [0.5, 0.6) is 0 Å². The molecule has 4 heteroatoms. The van der Waals surface area contributed by atoms with Crippen LogP contribution < -0.4 is 10.2 Å². The lowest BCUT2D eigenvalue weighted by molar-refractivity contribution is 0.835. The average molecular weight is 256 g/mol. The van der Waals surface area contributed by atoms with Crippen LogP contribution in [0.25, 0.3) is 0 Å². The van der Waals surface area contributed by atoms with Gasteiger partial charge in [0.2, 0.25) is 0 Å². The first-order valence-corrected chi connectivity index (χ1v) is 6.65. The Balaban J connectivity index is 2.26. The molecule has 0 fully saturated rings. The molecule has 1 N–H and O–H groups in total. The third-order valence-corrected chi connectivity index (χ3v) is 2.96. The van der Waals surface area contributed by atoms with E-state index in [0.717, 1.165) is 36.2 Å². The molecule has 2 rings (SSSR count). The number of para-hydroxylation sites is 1. The summed E-state index contributed by atoms with van der Waals surface area (Å²) in [5.74, 6) is 2.58. The minimum Gasteiger partial charge on any atom is -0.357 e. The molecule has 4 nitrogen and oxygen atoms in total. The van der Waals surface area contributed by atoms with Crippen molar-refractivity contribution >= 4 is 17.3 Å². The molecule has 0 spiro atoms. The van der Waals surface area contributed by atoms with Crippen LogP contribution in [0.2, 0.25) is 0 Å². The molecule has 100 valence electrons. The molecule has 1 aromatic carbocycles. The smallest absolute Gasteiger partial charge is 0.136 e. The summed E-state index contributed by atoms with van der Waals surface area (Å²) >= 11 is 0. The van der Waals surface area contributed by atoms with Gasteiger partial charge < -0.3 is 10.2 Å². The van der Waals surface area contributed by atoms with Crippen LogP contribution in [0, 0.1) is 6.92 Å². The van der Waals surface area contributed by atoms with Gasteiger partial charge >= 0.3 is 0 Å². The monoisotopic (exact) mass is 256 g/mol. The van der Waals surface area contributed by atoms with E-state index in [2.05, 4.69) is 34.0 Å². The highest BCUT2D eigenvalue weighted by Crippen LogP contribution is 2.19. The highest BCUT2D eigenvalue weighted by Gasteiger charge is 2.07. The van der Waals surface area contributed by atoms with Crippen LogP contribution in [0.3, 0.4) is 0 Å². The van der Waals surface area contributed by atoms with Crippen molar-refractivity contribution in [3.05, 3.63) is 42.2 Å². The van der Waals surface area contributed by atoms with E-state index < -0.39 is 0 Å². The second-order valence-electron chi connectivity index (χ2n) is 4.32. The van der Waals surface area contributed by atoms with Crippen LogP contribution in [0.1, 0.15) is 19.7 Å². The van der Waals surface area contributed by atoms with Crippen molar-refractivity contribution < 1.29 is 0 Å². The van der Waals surface area contributed by atoms with Crippen molar-refractivity contribution in [2.75, 3.05) is 23.3 Å². The van der Waals surface area contributed by atoms with Crippen molar-refractivity contribution in [2.24, 2.45) is 0 Å². The molecule has 0 saturated heterocycles. The Kier molecular flexibility index (Phi) is 4.34. The predicted octanol–water partition coefficient (Wildman–Crippen LogP) is 3.37. The molecule has 0 saturated carbocycles. The number of nitrogens with one attached hydrogen (secondary N) is 1. The zero-order chi connectivity index (χ0) is 13.7. The summed E-state index contributed by atoms with van der Waals surface area (Å²) in [5.41, 5.74) is 1.03. The quantitative estimate of drug-likeness (QED) is 0.890. The lowest BCUT2D eigenvalue weighted by atomic mass is 10.3. The summed E-state index contributed by atoms with van der Waals surface area (Å²) < 4.78 is 0. The first-order chi connectivity index (χ1) is 9.22. The fourth-order valence-electron chi connectivity index (χ4n) is 1.99. The van der Waals surface area contributed by atoms with Gasteiger partial charge in [-0.05, 0) is 32.9 Å². The number of benzene rings is 1. The van der Waals surface area contributed by atoms with Gasteiger partial charge in [-0.15, -0.1) is 0 Å². The second-order valence-corrected chi connectivity index (χ2v) is 4.32. The molecule has 0 aliphatic carbocycles. The van der Waals surface area contributed by atoms with E-state index in [4.69, 9.17) is 0 Å². The zero-order valence-electron chi connectivity index (χ0n) is 11.7. The molecular formula is C15H20N4. The van der Waals surface area contributed by atoms with Gasteiger partial charge in [0.25, 0.3) is 0 Å². The van der Waals surface area contributed by atoms with Crippen molar-refractivity contribution in [2.45, 2.75) is 20.8 Å². The zero-order valence-corrected chi connectivity index (χ0v) is 11.7. The van der Waals surface area contributed by atoms with Crippen LogP contribution in [-0.2, 0) is 0 Å². The van der Waals surface area contributed by atoms with Gasteiger partial charge in [-0.1, -0.05) is 18.2 Å². The van der Waals surface area contributed by atoms with Crippen LogP contribution in [-0.4, -0.2) is 23.1 Å². The molecule has 19 heavy (non-hydrogen) atoms. The maximum absolute atomic E-state index is 4.49. The van der Waals surface area contributed by atoms with Gasteiger partial charge in [0, 0.05) is 24.8 Å². The Hall–Kier alpha value is -2.10. The summed E-state index contributed by atoms with van der Waals surface area (Å²) in [4.78, 5) is 11.1. The SMILES string of the molecule is CCN(CC)c1cc(Nc2ccccc2)nc(C)n1. The van der Waals surface area contributed by atoms with Gasteiger partial charge in [0.1, 0.15) is 17.5 Å². The van der Waals surface area contributed by atoms with E-state index in [9.17, 15) is 0 Å². The number of hydrogen-bond donors (Lipinski definition) is 1. The summed E-state index contributed by atoms with van der Waals surface area (Å²) in [6, 6.07) is 12.0. The van der Waals surface area contributed by atoms with Crippen molar-refractivity contribution in [1.29, 1.82) is 0 Å². The predicted molar refractivity (Wildman–Crippen MR) is 80.1 cm³/mol. The molecule has 0 unspecified atom stereocenters. The minimum atomic E-state index is 0.780. The number of nitrogens with zero attached hydrogens (tertiary/aromatic N) is 3. The number of hydrogen-bond acceptors (Lipinski definition) is 4. The largest absolute Gasteiger partial charge is 0.357 e. The Labute approximate surface area is 114 Å². The van der Waals surface area contributed by atoms with Crippen molar-refractivity contribution in [1.82, 2.24) is 9.97 Å². The van der Waals surface area contributed by atoms with E-state index in [1.165, 1.54) is 0 Å². The normalized spacial score (nSPS) is 10.3. The fourth-order valence-corrected chi connectivity index (χ4v) is 1.99. The average Bonchev–Trinajstić information content (AvgIpc) is 2.40. The summed E-state index contributed by atoms with van der Waals surface area (Å²) in [5, 5.41) is 3.31. The first kappa shape index (κ1) is 13.3. The van der Waals surface area contributed by atoms with Gasteiger partial charge in [0.15, 0.2) is 0 Å². The van der Waals surface area contributed by atoms with Gasteiger partial charge in [0.05, 0.1) is 0 Å². The van der Waals surface area contributed by atoms with Gasteiger partial charge in [-0.25, -0.2) is 9.97 Å². The first-order valence-electron chi connectivity index (χ1n) is 6.65. The lowest BCUT2D eigenvalue weighted by Gasteiger charge is -2.20. The van der Waals surface area contributed by atoms with Crippen LogP contribution >= 0.6 is 0 Å². The third-order valence-electron chi connectivity index (χ3n) is 2.96. The molecule has 1 heterocycles. The maximum atomic E-state index is 4.49. The van der Waals surface area contributed by atoms with Gasteiger partial charge in [-0.2, -0.15) is 0 Å². The lowest BCUT2D eigenvalue weighted by Crippen LogP contribution is -2.23. The molecule has 2 aromatic rings. The summed E-state index contributed by atoms with van der Waals surface area (Å²) in [7, 11) is 0. The third kappa shape index (κ3) is 3.44. The number of aryl methyl sites for hydroxylation is 1. The Morgan fingerprint density at radius 3 is 2.37 bits per heavy atom. The van der Waals surface area contributed by atoms with E-state index in [1.54, 1.807) is 0 Å². The van der Waals surface area contributed by atoms with E-state index in [-0.39, 0.29) is 0 Å². The molecule has 0 radical (unpaired) electrons. The molecule has 0 atom stereocenters. The Morgan fingerprint density at radius 1 is 1.05 bits per heavy atom. The number of rotatable bonds is 5. The Bertz CT molecular complexity index is 521. The molecular weight excluding hydrogens is 236 g/mol. The highest BCUT2D eigenvalue weighted by molar-refractivity contribution is 5.59. The minimum absolute atomic E-state index is 0.780. The molecule has 0 amide bonds. The topological polar surface area (TPSA) is 41.0 Å². The van der Waals surface area contributed by atoms with E-state index in [0.29, 0.717) is 0 Å². The molecule has 1 aromatic heterocycles. The van der Waals surface area contributed by atoms with Crippen LogP contribution in [0.15, 0.2) is 36.4 Å². The second kappa shape index (κ2) is 6.18. The van der Waals surface area contributed by atoms with Crippen LogP contribution in [0.4, 0.5) is 17.3 Å². The van der Waals surface area contributed by atoms with Crippen molar-refractivity contribution in [3.63, 3.8) is 0 Å². The van der Waals surface area contributed by atoms with Crippen molar-refractivity contribution in [3.8, 4) is 0 Å². The molecule has 0 aliphatic rings. The highest BCUT2D eigenvalue weighted by atomic mass is 15.2. The fraction of sp³-hybridized carbons (Fsp3) is 0.333. The number of aromatic nitrogens is 2. The standard InChI is InChI=1S/C15H20N4/c1-4-19(5-2)15-11-14(16-12(3)17-15)18-13-9-7-6-8-10-13/h6-11H,4-5H2,1-3H3,(H,16,17,18). The maximum Gasteiger partial charge on any atom is 0.136 e. The molecule has 0 bridgehead atoms. The number of anilines is 3. The van der Waals surface area contributed by atoms with E-state index >= 15 is 0 Å². The summed E-state index contributed by atoms with van der Waals surface area (Å²) in [6.07, 6.45) is 0. The summed E-state index contributed by atoms with van der Waals surface area (Å²) in [6.45, 7) is 8.06. The molecule has 0 aliphatic heterocycles.